The normalized spacial score (nSPS) is 17.4. The summed E-state index contributed by atoms with van der Waals surface area (Å²) < 4.78 is 12.8. The average molecular weight is 334 g/mol. The number of aromatic nitrogens is 3. The van der Waals surface area contributed by atoms with Crippen LogP contribution in [0.25, 0.3) is 5.69 Å². The molecule has 2 aliphatic rings. The molecule has 0 saturated carbocycles. The van der Waals surface area contributed by atoms with Crippen LogP contribution < -0.4 is 14.8 Å². The second-order valence-electron chi connectivity index (χ2n) is 6.53. The Bertz CT molecular complexity index is 980. The van der Waals surface area contributed by atoms with Crippen LogP contribution in [0.3, 0.4) is 0 Å². The second kappa shape index (κ2) is 5.24. The molecule has 0 spiro atoms. The molecule has 2 aliphatic heterocycles. The molecule has 1 atom stereocenters. The average Bonchev–Trinajstić information content (AvgIpc) is 3.30. The van der Waals surface area contributed by atoms with Crippen molar-refractivity contribution in [2.45, 2.75) is 26.3 Å². The summed E-state index contributed by atoms with van der Waals surface area (Å²) in [6.45, 7) is 4.30. The van der Waals surface area contributed by atoms with Gasteiger partial charge in [0.05, 0.1) is 11.7 Å². The number of benzene rings is 2. The molecular formula is C19H18N4O2. The molecule has 0 bridgehead atoms. The van der Waals surface area contributed by atoms with Crippen molar-refractivity contribution in [3.05, 3.63) is 59.2 Å². The summed E-state index contributed by atoms with van der Waals surface area (Å²) in [5.41, 5.74) is 4.69. The summed E-state index contributed by atoms with van der Waals surface area (Å²) >= 11 is 0. The number of nitrogens with one attached hydrogen (secondary N) is 1. The maximum atomic E-state index is 5.50. The van der Waals surface area contributed by atoms with Gasteiger partial charge in [0.2, 0.25) is 6.79 Å². The zero-order valence-corrected chi connectivity index (χ0v) is 14.1. The lowest BCUT2D eigenvalue weighted by atomic mass is 10.1. The molecule has 3 heterocycles. The van der Waals surface area contributed by atoms with Gasteiger partial charge in [0.25, 0.3) is 0 Å². The number of nitrogens with zero attached hydrogens (tertiary/aromatic N) is 3. The van der Waals surface area contributed by atoms with E-state index in [2.05, 4.69) is 40.5 Å². The van der Waals surface area contributed by atoms with Crippen LogP contribution in [0.2, 0.25) is 0 Å². The summed E-state index contributed by atoms with van der Waals surface area (Å²) in [4.78, 5) is 4.69. The molecule has 5 rings (SSSR count). The van der Waals surface area contributed by atoms with Crippen LogP contribution in [0.5, 0.6) is 11.5 Å². The molecule has 25 heavy (non-hydrogen) atoms. The summed E-state index contributed by atoms with van der Waals surface area (Å²) in [5.74, 6) is 3.17. The minimum Gasteiger partial charge on any atom is -0.454 e. The molecule has 0 radical (unpaired) electrons. The van der Waals surface area contributed by atoms with Crippen molar-refractivity contribution in [2.75, 3.05) is 12.1 Å². The predicted molar refractivity (Wildman–Crippen MR) is 93.5 cm³/mol. The maximum absolute atomic E-state index is 5.50. The van der Waals surface area contributed by atoms with Crippen LogP contribution in [0.4, 0.5) is 5.69 Å². The van der Waals surface area contributed by atoms with E-state index in [1.807, 2.05) is 29.8 Å². The van der Waals surface area contributed by atoms with Gasteiger partial charge in [-0.1, -0.05) is 17.7 Å². The number of fused-ring (bicyclic) bond motifs is 2. The largest absolute Gasteiger partial charge is 0.454 e. The van der Waals surface area contributed by atoms with Gasteiger partial charge in [0, 0.05) is 18.2 Å². The van der Waals surface area contributed by atoms with E-state index in [4.69, 9.17) is 9.47 Å². The number of ether oxygens (including phenoxy) is 2. The van der Waals surface area contributed by atoms with Gasteiger partial charge in [-0.15, -0.1) is 0 Å². The molecule has 0 fully saturated rings. The van der Waals surface area contributed by atoms with Gasteiger partial charge in [-0.05, 0) is 37.6 Å². The van der Waals surface area contributed by atoms with Gasteiger partial charge >= 0.3 is 0 Å². The lowest BCUT2D eigenvalue weighted by Crippen LogP contribution is -2.13. The van der Waals surface area contributed by atoms with E-state index in [9.17, 15) is 0 Å². The van der Waals surface area contributed by atoms with E-state index < -0.39 is 0 Å². The van der Waals surface area contributed by atoms with Crippen molar-refractivity contribution < 1.29 is 9.47 Å². The van der Waals surface area contributed by atoms with Crippen molar-refractivity contribution in [1.82, 2.24) is 14.8 Å². The van der Waals surface area contributed by atoms with Crippen molar-refractivity contribution in [3.63, 3.8) is 0 Å². The number of hydrogen-bond donors (Lipinski definition) is 1. The van der Waals surface area contributed by atoms with Crippen LogP contribution in [-0.4, -0.2) is 21.6 Å². The highest BCUT2D eigenvalue weighted by Gasteiger charge is 2.27. The van der Waals surface area contributed by atoms with E-state index in [1.54, 1.807) is 0 Å². The lowest BCUT2D eigenvalue weighted by molar-refractivity contribution is 0.174. The zero-order valence-electron chi connectivity index (χ0n) is 14.1. The maximum Gasteiger partial charge on any atom is 0.231 e. The predicted octanol–water partition coefficient (Wildman–Crippen LogP) is 3.32. The molecule has 3 aromatic rings. The van der Waals surface area contributed by atoms with Gasteiger partial charge in [-0.25, -0.2) is 9.67 Å². The molecule has 1 aromatic heterocycles. The summed E-state index contributed by atoms with van der Waals surface area (Å²) in [5, 5.41) is 8.18. The van der Waals surface area contributed by atoms with Gasteiger partial charge in [-0.3, -0.25) is 0 Å². The van der Waals surface area contributed by atoms with Crippen LogP contribution in [-0.2, 0) is 6.42 Å². The monoisotopic (exact) mass is 334 g/mol. The topological polar surface area (TPSA) is 61.2 Å². The zero-order chi connectivity index (χ0) is 17.0. The first kappa shape index (κ1) is 14.3. The smallest absolute Gasteiger partial charge is 0.231 e. The third-order valence-corrected chi connectivity index (χ3v) is 4.66. The van der Waals surface area contributed by atoms with Gasteiger partial charge in [-0.2, -0.15) is 5.10 Å². The highest BCUT2D eigenvalue weighted by atomic mass is 16.7. The fraction of sp³-hybridized carbons (Fsp3) is 0.263. The van der Waals surface area contributed by atoms with Gasteiger partial charge in [0.15, 0.2) is 17.3 Å². The van der Waals surface area contributed by atoms with Crippen molar-refractivity contribution in [2.24, 2.45) is 0 Å². The number of hydrogen-bond acceptors (Lipinski definition) is 5. The van der Waals surface area contributed by atoms with E-state index in [-0.39, 0.29) is 12.8 Å². The fourth-order valence-electron chi connectivity index (χ4n) is 3.51. The molecule has 126 valence electrons. The van der Waals surface area contributed by atoms with Crippen LogP contribution in [0.15, 0.2) is 36.4 Å². The quantitative estimate of drug-likeness (QED) is 0.779. The Morgan fingerprint density at radius 1 is 1.08 bits per heavy atom. The Morgan fingerprint density at radius 3 is 2.88 bits per heavy atom. The molecule has 0 amide bonds. The second-order valence-corrected chi connectivity index (χ2v) is 6.53. The third-order valence-electron chi connectivity index (χ3n) is 4.66. The molecule has 6 nitrogen and oxygen atoms in total. The Hall–Kier alpha value is -3.02. The lowest BCUT2D eigenvalue weighted by Gasteiger charge is -2.13. The molecule has 2 aromatic carbocycles. The Labute approximate surface area is 145 Å². The number of anilines is 1. The van der Waals surface area contributed by atoms with Crippen LogP contribution >= 0.6 is 0 Å². The highest BCUT2D eigenvalue weighted by Crippen LogP contribution is 2.37. The molecule has 0 saturated heterocycles. The van der Waals surface area contributed by atoms with Crippen LogP contribution in [0, 0.1) is 13.8 Å². The first-order valence-electron chi connectivity index (χ1n) is 8.37. The number of rotatable bonds is 2. The van der Waals surface area contributed by atoms with E-state index in [1.165, 1.54) is 16.8 Å². The van der Waals surface area contributed by atoms with Crippen LogP contribution in [0.1, 0.15) is 28.8 Å². The first-order chi connectivity index (χ1) is 12.2. The summed E-state index contributed by atoms with van der Waals surface area (Å²) in [6, 6.07) is 12.4. The van der Waals surface area contributed by atoms with Crippen molar-refractivity contribution >= 4 is 5.69 Å². The molecule has 6 heteroatoms. The molecule has 1 N–H and O–H groups in total. The SMILES string of the molecule is Cc1ccc2c(c1)C[C@H](c1nc(C)nn1-c1ccc3c(c1)OCO3)N2. The van der Waals surface area contributed by atoms with E-state index in [0.717, 1.165) is 35.3 Å². The minimum absolute atomic E-state index is 0.100. The van der Waals surface area contributed by atoms with Crippen molar-refractivity contribution in [3.8, 4) is 17.2 Å². The van der Waals surface area contributed by atoms with Gasteiger partial charge in [0.1, 0.15) is 5.82 Å². The van der Waals surface area contributed by atoms with Gasteiger partial charge < -0.3 is 14.8 Å². The molecular weight excluding hydrogens is 316 g/mol. The Morgan fingerprint density at radius 2 is 1.96 bits per heavy atom. The highest BCUT2D eigenvalue weighted by molar-refractivity contribution is 5.59. The summed E-state index contributed by atoms with van der Waals surface area (Å²) in [7, 11) is 0. The fourth-order valence-corrected chi connectivity index (χ4v) is 3.51. The standard InChI is InChI=1S/C19H18N4O2/c1-11-3-5-15-13(7-11)8-16(21-15)19-20-12(2)22-23(19)14-4-6-17-18(9-14)25-10-24-17/h3-7,9,16,21H,8,10H2,1-2H3/t16-/m1/s1. The first-order valence-corrected chi connectivity index (χ1v) is 8.37. The minimum atomic E-state index is 0.100. The van der Waals surface area contributed by atoms with E-state index >= 15 is 0 Å². The van der Waals surface area contributed by atoms with E-state index in [0.29, 0.717) is 0 Å². The molecule has 0 aliphatic carbocycles. The molecule has 0 unspecified atom stereocenters. The Kier molecular flexibility index (Phi) is 3.00. The Balaban J connectivity index is 1.54. The number of aryl methyl sites for hydroxylation is 2. The third kappa shape index (κ3) is 2.33. The summed E-state index contributed by atoms with van der Waals surface area (Å²) in [6.07, 6.45) is 0.902. The van der Waals surface area contributed by atoms with Crippen molar-refractivity contribution in [1.29, 1.82) is 0 Å².